The number of nitrogens with one attached hydrogen (secondary N) is 1. The zero-order valence-corrected chi connectivity index (χ0v) is 10.1. The zero-order chi connectivity index (χ0) is 12.1. The topological polar surface area (TPSA) is 67.3 Å². The van der Waals surface area contributed by atoms with Gasteiger partial charge in [-0.1, -0.05) is 6.42 Å². The molecular formula is C12H19N3O2. The molecule has 2 N–H and O–H groups in total. The van der Waals surface area contributed by atoms with Gasteiger partial charge in [0.05, 0.1) is 7.11 Å². The molecule has 2 rings (SSSR count). The molecular weight excluding hydrogens is 218 g/mol. The van der Waals surface area contributed by atoms with E-state index in [1.807, 2.05) is 0 Å². The van der Waals surface area contributed by atoms with Crippen LogP contribution in [0.5, 0.6) is 5.88 Å². The van der Waals surface area contributed by atoms with E-state index < -0.39 is 0 Å². The molecule has 94 valence electrons. The van der Waals surface area contributed by atoms with E-state index >= 15 is 0 Å². The highest BCUT2D eigenvalue weighted by Crippen LogP contribution is 2.31. The minimum Gasteiger partial charge on any atom is -0.481 e. The minimum absolute atomic E-state index is 0.291. The molecule has 1 aromatic heterocycles. The highest BCUT2D eigenvalue weighted by Gasteiger charge is 2.26. The van der Waals surface area contributed by atoms with E-state index in [0.717, 1.165) is 18.8 Å². The lowest BCUT2D eigenvalue weighted by atomic mass is 9.97. The lowest BCUT2D eigenvalue weighted by Crippen LogP contribution is -2.21. The second-order valence-corrected chi connectivity index (χ2v) is 4.46. The molecule has 1 fully saturated rings. The summed E-state index contributed by atoms with van der Waals surface area (Å²) < 4.78 is 5.04. The Balaban J connectivity index is 1.88. The second-order valence-electron chi connectivity index (χ2n) is 4.46. The number of rotatable bonds is 5. The molecule has 1 aliphatic carbocycles. The van der Waals surface area contributed by atoms with Gasteiger partial charge in [0.25, 0.3) is 0 Å². The molecule has 17 heavy (non-hydrogen) atoms. The largest absolute Gasteiger partial charge is 0.481 e. The third-order valence-corrected chi connectivity index (χ3v) is 3.45. The van der Waals surface area contributed by atoms with Crippen LogP contribution in [0.4, 0.5) is 5.82 Å². The van der Waals surface area contributed by atoms with Gasteiger partial charge in [-0.15, -0.1) is 0 Å². The molecule has 0 spiro atoms. The Morgan fingerprint density at radius 1 is 1.41 bits per heavy atom. The lowest BCUT2D eigenvalue weighted by molar-refractivity contribution is 0.199. The smallest absolute Gasteiger partial charge is 0.218 e. The van der Waals surface area contributed by atoms with E-state index in [4.69, 9.17) is 4.74 Å². The summed E-state index contributed by atoms with van der Waals surface area (Å²) in [4.78, 5) is 8.09. The number of aliphatic hydroxyl groups excluding tert-OH is 1. The van der Waals surface area contributed by atoms with Crippen LogP contribution in [-0.2, 0) is 0 Å². The normalized spacial score (nSPS) is 23.6. The summed E-state index contributed by atoms with van der Waals surface area (Å²) >= 11 is 0. The van der Waals surface area contributed by atoms with Crippen LogP contribution in [0.25, 0.3) is 0 Å². The summed E-state index contributed by atoms with van der Waals surface area (Å²) in [6.07, 6.45) is 5.01. The molecule has 1 heterocycles. The molecule has 1 saturated carbocycles. The van der Waals surface area contributed by atoms with Crippen LogP contribution in [-0.4, -0.2) is 35.3 Å². The molecule has 5 nitrogen and oxygen atoms in total. The van der Waals surface area contributed by atoms with Crippen molar-refractivity contribution in [1.29, 1.82) is 0 Å². The number of nitrogens with zero attached hydrogens (tertiary/aromatic N) is 2. The van der Waals surface area contributed by atoms with E-state index in [1.54, 1.807) is 13.2 Å². The fraction of sp³-hybridized carbons (Fsp3) is 0.667. The molecule has 0 aromatic carbocycles. The fourth-order valence-corrected chi connectivity index (χ4v) is 2.41. The van der Waals surface area contributed by atoms with E-state index in [-0.39, 0.29) is 0 Å². The molecule has 5 heteroatoms. The summed E-state index contributed by atoms with van der Waals surface area (Å²) in [7, 11) is 1.59. The number of aliphatic hydroxyl groups is 1. The van der Waals surface area contributed by atoms with Crippen LogP contribution in [0, 0.1) is 11.8 Å². The molecule has 0 radical (unpaired) electrons. The first-order valence-electron chi connectivity index (χ1n) is 6.04. The van der Waals surface area contributed by atoms with Crippen molar-refractivity contribution < 1.29 is 9.84 Å². The van der Waals surface area contributed by atoms with Gasteiger partial charge in [-0.2, -0.15) is 0 Å². The quantitative estimate of drug-likeness (QED) is 0.808. The van der Waals surface area contributed by atoms with Gasteiger partial charge in [0.2, 0.25) is 5.88 Å². The molecule has 0 bridgehead atoms. The van der Waals surface area contributed by atoms with Crippen LogP contribution in [0.2, 0.25) is 0 Å². The van der Waals surface area contributed by atoms with Gasteiger partial charge in [0, 0.05) is 19.2 Å². The van der Waals surface area contributed by atoms with Gasteiger partial charge in [0.15, 0.2) is 0 Å². The third-order valence-electron chi connectivity index (χ3n) is 3.45. The van der Waals surface area contributed by atoms with Gasteiger partial charge in [-0.05, 0) is 24.7 Å². The van der Waals surface area contributed by atoms with Crippen molar-refractivity contribution in [1.82, 2.24) is 9.97 Å². The third kappa shape index (κ3) is 3.06. The van der Waals surface area contributed by atoms with Crippen molar-refractivity contribution in [3.8, 4) is 5.88 Å². The van der Waals surface area contributed by atoms with Crippen molar-refractivity contribution >= 4 is 5.82 Å². The van der Waals surface area contributed by atoms with Crippen LogP contribution in [0.1, 0.15) is 19.3 Å². The number of methoxy groups -OCH3 is 1. The first-order chi connectivity index (χ1) is 8.33. The van der Waals surface area contributed by atoms with Crippen LogP contribution in [0.15, 0.2) is 12.4 Å². The molecule has 1 aromatic rings. The van der Waals surface area contributed by atoms with Crippen molar-refractivity contribution in [2.45, 2.75) is 19.3 Å². The van der Waals surface area contributed by atoms with Gasteiger partial charge >= 0.3 is 0 Å². The van der Waals surface area contributed by atoms with Crippen LogP contribution >= 0.6 is 0 Å². The Morgan fingerprint density at radius 2 is 2.24 bits per heavy atom. The van der Waals surface area contributed by atoms with E-state index in [1.165, 1.54) is 19.2 Å². The maximum absolute atomic E-state index is 9.24. The van der Waals surface area contributed by atoms with Gasteiger partial charge in [-0.3, -0.25) is 0 Å². The second kappa shape index (κ2) is 5.82. The molecule has 1 aliphatic rings. The summed E-state index contributed by atoms with van der Waals surface area (Å²) in [5, 5.41) is 12.5. The predicted octanol–water partition coefficient (Wildman–Crippen LogP) is 1.31. The van der Waals surface area contributed by atoms with E-state index in [0.29, 0.717) is 24.3 Å². The zero-order valence-electron chi connectivity index (χ0n) is 10.1. The van der Waals surface area contributed by atoms with Crippen LogP contribution in [0.3, 0.4) is 0 Å². The first kappa shape index (κ1) is 12.1. The molecule has 0 amide bonds. The molecule has 2 atom stereocenters. The maximum Gasteiger partial charge on any atom is 0.218 e. The van der Waals surface area contributed by atoms with Crippen molar-refractivity contribution in [3.05, 3.63) is 12.4 Å². The highest BCUT2D eigenvalue weighted by molar-refractivity contribution is 5.37. The van der Waals surface area contributed by atoms with Gasteiger partial charge < -0.3 is 15.2 Å². The average Bonchev–Trinajstić information content (AvgIpc) is 2.84. The first-order valence-corrected chi connectivity index (χ1v) is 6.04. The molecule has 2 unspecified atom stereocenters. The maximum atomic E-state index is 9.24. The Hall–Kier alpha value is -1.36. The van der Waals surface area contributed by atoms with Crippen molar-refractivity contribution in [3.63, 3.8) is 0 Å². The average molecular weight is 237 g/mol. The van der Waals surface area contributed by atoms with Crippen LogP contribution < -0.4 is 10.1 Å². The summed E-state index contributed by atoms with van der Waals surface area (Å²) in [5.41, 5.74) is 0. The summed E-state index contributed by atoms with van der Waals surface area (Å²) in [6.45, 7) is 1.14. The summed E-state index contributed by atoms with van der Waals surface area (Å²) in [6, 6.07) is 1.78. The highest BCUT2D eigenvalue weighted by atomic mass is 16.5. The van der Waals surface area contributed by atoms with E-state index in [2.05, 4.69) is 15.3 Å². The van der Waals surface area contributed by atoms with Gasteiger partial charge in [0.1, 0.15) is 12.1 Å². The number of hydrogen-bond acceptors (Lipinski definition) is 5. The Bertz CT molecular complexity index is 359. The van der Waals surface area contributed by atoms with Crippen molar-refractivity contribution in [2.75, 3.05) is 25.6 Å². The number of hydrogen-bond donors (Lipinski definition) is 2. The predicted molar refractivity (Wildman–Crippen MR) is 65.0 cm³/mol. The van der Waals surface area contributed by atoms with E-state index in [9.17, 15) is 5.11 Å². The minimum atomic E-state index is 0.291. The SMILES string of the molecule is COc1cc(NCC2CCCC2CO)ncn1. The Morgan fingerprint density at radius 3 is 3.00 bits per heavy atom. The Kier molecular flexibility index (Phi) is 4.14. The molecule has 0 aliphatic heterocycles. The number of ether oxygens (including phenoxy) is 1. The van der Waals surface area contributed by atoms with Crippen molar-refractivity contribution in [2.24, 2.45) is 11.8 Å². The number of anilines is 1. The Labute approximate surface area is 101 Å². The standard InChI is InChI=1S/C12H19N3O2/c1-17-12-5-11(14-8-15-12)13-6-9-3-2-4-10(9)7-16/h5,8-10,16H,2-4,6-7H2,1H3,(H,13,14,15). The summed E-state index contributed by atoms with van der Waals surface area (Å²) in [5.74, 6) is 2.32. The monoisotopic (exact) mass is 237 g/mol. The number of aromatic nitrogens is 2. The lowest BCUT2D eigenvalue weighted by Gasteiger charge is -2.18. The fourth-order valence-electron chi connectivity index (χ4n) is 2.41. The van der Waals surface area contributed by atoms with Gasteiger partial charge in [-0.25, -0.2) is 9.97 Å². The molecule has 0 saturated heterocycles.